The fourth-order valence-corrected chi connectivity index (χ4v) is 1.74. The van der Waals surface area contributed by atoms with Crippen LogP contribution in [0, 0.1) is 0 Å². The van der Waals surface area contributed by atoms with Gasteiger partial charge in [0.25, 0.3) is 0 Å². The van der Waals surface area contributed by atoms with E-state index in [9.17, 15) is 4.39 Å². The molecule has 0 spiro atoms. The second kappa shape index (κ2) is 4.38. The van der Waals surface area contributed by atoms with Crippen LogP contribution >= 0.6 is 0 Å². The van der Waals surface area contributed by atoms with E-state index in [4.69, 9.17) is 4.74 Å². The molecule has 0 aromatic rings. The molecule has 2 nitrogen and oxygen atoms in total. The van der Waals surface area contributed by atoms with Gasteiger partial charge in [-0.2, -0.15) is 0 Å². The summed E-state index contributed by atoms with van der Waals surface area (Å²) in [4.78, 5) is 2.08. The smallest absolute Gasteiger partial charge is 0.119 e. The highest BCUT2D eigenvalue weighted by atomic mass is 19.1. The molecule has 0 aromatic carbocycles. The van der Waals surface area contributed by atoms with Crippen molar-refractivity contribution < 1.29 is 9.13 Å². The summed E-state index contributed by atoms with van der Waals surface area (Å²) in [5.74, 6) is 0. The third-order valence-corrected chi connectivity index (χ3v) is 2.80. The van der Waals surface area contributed by atoms with Gasteiger partial charge < -0.3 is 4.74 Å². The lowest BCUT2D eigenvalue weighted by atomic mass is 10.2. The minimum Gasteiger partial charge on any atom is -0.377 e. The first-order chi connectivity index (χ1) is 6.02. The van der Waals surface area contributed by atoms with E-state index in [2.05, 4.69) is 11.8 Å². The molecule has 1 aliphatic heterocycles. The molecule has 1 rings (SSSR count). The first-order valence-electron chi connectivity index (χ1n) is 5.00. The van der Waals surface area contributed by atoms with E-state index < -0.39 is 6.17 Å². The Morgan fingerprint density at radius 2 is 2.15 bits per heavy atom. The van der Waals surface area contributed by atoms with Gasteiger partial charge in [-0.3, -0.25) is 4.90 Å². The van der Waals surface area contributed by atoms with Crippen molar-refractivity contribution in [3.05, 3.63) is 0 Å². The predicted octanol–water partition coefficient (Wildman–Crippen LogP) is 1.84. The largest absolute Gasteiger partial charge is 0.377 e. The Kier molecular flexibility index (Phi) is 3.68. The van der Waals surface area contributed by atoms with Gasteiger partial charge >= 0.3 is 0 Å². The van der Waals surface area contributed by atoms with Crippen LogP contribution in [0.1, 0.15) is 27.2 Å². The third-order valence-electron chi connectivity index (χ3n) is 2.80. The molecule has 3 atom stereocenters. The van der Waals surface area contributed by atoms with E-state index in [0.29, 0.717) is 19.1 Å². The maximum absolute atomic E-state index is 13.4. The quantitative estimate of drug-likeness (QED) is 0.671. The highest BCUT2D eigenvalue weighted by Gasteiger charge is 2.36. The Morgan fingerprint density at radius 1 is 1.54 bits per heavy atom. The fraction of sp³-hybridized carbons (Fsp3) is 1.00. The number of alkyl halides is 1. The number of likely N-dealkylation sites (tertiary alicyclic amines) is 1. The molecule has 1 saturated heterocycles. The van der Waals surface area contributed by atoms with Crippen LogP contribution in [0.3, 0.4) is 0 Å². The van der Waals surface area contributed by atoms with Crippen LogP contribution in [0.4, 0.5) is 4.39 Å². The zero-order chi connectivity index (χ0) is 10.0. The van der Waals surface area contributed by atoms with Crippen molar-refractivity contribution in [1.82, 2.24) is 4.90 Å². The van der Waals surface area contributed by atoms with Crippen molar-refractivity contribution in [3.63, 3.8) is 0 Å². The van der Waals surface area contributed by atoms with Gasteiger partial charge in [-0.25, -0.2) is 4.39 Å². The molecule has 0 aromatic heterocycles. The molecule has 3 heteroatoms. The summed E-state index contributed by atoms with van der Waals surface area (Å²) in [6.45, 7) is 6.53. The van der Waals surface area contributed by atoms with E-state index >= 15 is 0 Å². The van der Waals surface area contributed by atoms with Crippen LogP contribution < -0.4 is 0 Å². The minimum absolute atomic E-state index is 0.0441. The van der Waals surface area contributed by atoms with Crippen LogP contribution in [0.15, 0.2) is 0 Å². The zero-order valence-electron chi connectivity index (χ0n) is 8.96. The third kappa shape index (κ3) is 2.64. The molecular weight excluding hydrogens is 169 g/mol. The van der Waals surface area contributed by atoms with E-state index in [1.807, 2.05) is 20.9 Å². The first-order valence-corrected chi connectivity index (χ1v) is 5.00. The summed E-state index contributed by atoms with van der Waals surface area (Å²) in [6, 6.07) is 0.299. The van der Waals surface area contributed by atoms with Crippen molar-refractivity contribution in [1.29, 1.82) is 0 Å². The molecule has 0 unspecified atom stereocenters. The van der Waals surface area contributed by atoms with Crippen molar-refractivity contribution >= 4 is 0 Å². The monoisotopic (exact) mass is 189 g/mol. The lowest BCUT2D eigenvalue weighted by Gasteiger charge is -2.24. The molecular formula is C10H20FNO. The number of hydrogen-bond donors (Lipinski definition) is 0. The van der Waals surface area contributed by atoms with Crippen LogP contribution in [-0.2, 0) is 4.74 Å². The summed E-state index contributed by atoms with van der Waals surface area (Å²) >= 11 is 0. The van der Waals surface area contributed by atoms with Gasteiger partial charge in [-0.15, -0.1) is 0 Å². The number of hydrogen-bond acceptors (Lipinski definition) is 2. The molecule has 78 valence electrons. The molecule has 1 heterocycles. The molecule has 0 radical (unpaired) electrons. The van der Waals surface area contributed by atoms with Crippen LogP contribution in [0.5, 0.6) is 0 Å². The average molecular weight is 189 g/mol. The van der Waals surface area contributed by atoms with E-state index in [-0.39, 0.29) is 12.1 Å². The Morgan fingerprint density at radius 3 is 2.54 bits per heavy atom. The Labute approximate surface area is 80.1 Å². The second-order valence-corrected chi connectivity index (χ2v) is 4.22. The Bertz CT molecular complexity index is 163. The zero-order valence-corrected chi connectivity index (χ0v) is 8.96. The number of rotatable bonds is 3. The van der Waals surface area contributed by atoms with Crippen LogP contribution in [0.2, 0.25) is 0 Å². The SMILES string of the molecule is CC(C)OC[C@H]1[C@H](F)C[C@@H](C)N1C. The molecule has 0 N–H and O–H groups in total. The molecule has 1 fully saturated rings. The predicted molar refractivity (Wildman–Crippen MR) is 51.6 cm³/mol. The standard InChI is InChI=1S/C10H20FNO/c1-7(2)13-6-10-9(11)5-8(3)12(10)4/h7-10H,5-6H2,1-4H3/t8-,9-,10+/m1/s1. The van der Waals surface area contributed by atoms with Gasteiger partial charge in [0, 0.05) is 6.04 Å². The Hall–Kier alpha value is -0.150. The normalized spacial score (nSPS) is 36.0. The van der Waals surface area contributed by atoms with Gasteiger partial charge in [-0.05, 0) is 34.2 Å². The summed E-state index contributed by atoms with van der Waals surface area (Å²) in [5, 5.41) is 0. The summed E-state index contributed by atoms with van der Waals surface area (Å²) in [7, 11) is 1.97. The summed E-state index contributed by atoms with van der Waals surface area (Å²) in [5.41, 5.74) is 0. The van der Waals surface area contributed by atoms with Gasteiger partial charge in [0.1, 0.15) is 6.17 Å². The summed E-state index contributed by atoms with van der Waals surface area (Å²) < 4.78 is 18.9. The fourth-order valence-electron chi connectivity index (χ4n) is 1.74. The second-order valence-electron chi connectivity index (χ2n) is 4.22. The number of halogens is 1. The van der Waals surface area contributed by atoms with Crippen LogP contribution in [-0.4, -0.2) is 42.9 Å². The average Bonchev–Trinajstić information content (AvgIpc) is 2.24. The van der Waals surface area contributed by atoms with Gasteiger partial charge in [-0.1, -0.05) is 0 Å². The van der Waals surface area contributed by atoms with E-state index in [1.165, 1.54) is 0 Å². The van der Waals surface area contributed by atoms with Crippen molar-refractivity contribution in [2.24, 2.45) is 0 Å². The van der Waals surface area contributed by atoms with E-state index in [0.717, 1.165) is 0 Å². The van der Waals surface area contributed by atoms with Gasteiger partial charge in [0.2, 0.25) is 0 Å². The number of likely N-dealkylation sites (N-methyl/N-ethyl adjacent to an activating group) is 1. The topological polar surface area (TPSA) is 12.5 Å². The van der Waals surface area contributed by atoms with E-state index in [1.54, 1.807) is 0 Å². The van der Waals surface area contributed by atoms with Crippen molar-refractivity contribution in [2.45, 2.75) is 51.6 Å². The van der Waals surface area contributed by atoms with Crippen LogP contribution in [0.25, 0.3) is 0 Å². The highest BCUT2D eigenvalue weighted by Crippen LogP contribution is 2.25. The molecule has 0 saturated carbocycles. The molecule has 1 aliphatic rings. The lowest BCUT2D eigenvalue weighted by molar-refractivity contribution is 0.0235. The molecule has 13 heavy (non-hydrogen) atoms. The molecule has 0 bridgehead atoms. The first kappa shape index (κ1) is 10.9. The lowest BCUT2D eigenvalue weighted by Crippen LogP contribution is -2.37. The van der Waals surface area contributed by atoms with Crippen molar-refractivity contribution in [2.75, 3.05) is 13.7 Å². The van der Waals surface area contributed by atoms with Crippen molar-refractivity contribution in [3.8, 4) is 0 Å². The Balaban J connectivity index is 2.39. The summed E-state index contributed by atoms with van der Waals surface area (Å²) in [6.07, 6.45) is 0.109. The number of nitrogens with zero attached hydrogens (tertiary/aromatic N) is 1. The highest BCUT2D eigenvalue weighted by molar-refractivity contribution is 4.90. The minimum atomic E-state index is -0.723. The van der Waals surface area contributed by atoms with Gasteiger partial charge in [0.15, 0.2) is 0 Å². The molecule has 0 aliphatic carbocycles. The maximum Gasteiger partial charge on any atom is 0.119 e. The molecule has 0 amide bonds. The van der Waals surface area contributed by atoms with Gasteiger partial charge in [0.05, 0.1) is 18.8 Å². The number of ether oxygens (including phenoxy) is 1. The maximum atomic E-state index is 13.4.